The second-order valence-corrected chi connectivity index (χ2v) is 8.98. The molecule has 0 aromatic heterocycles. The lowest BCUT2D eigenvalue weighted by Gasteiger charge is -2.39. The molecule has 1 saturated carbocycles. The van der Waals surface area contributed by atoms with E-state index < -0.39 is 11.7 Å². The highest BCUT2D eigenvalue weighted by atomic mass is 16.5. The molecule has 1 atom stereocenters. The minimum absolute atomic E-state index is 0.0463. The molecule has 0 bridgehead atoms. The first-order chi connectivity index (χ1) is 14.9. The van der Waals surface area contributed by atoms with Gasteiger partial charge in [0.1, 0.15) is 11.9 Å². The molecule has 2 heterocycles. The van der Waals surface area contributed by atoms with Gasteiger partial charge in [-0.1, -0.05) is 6.07 Å². The first-order valence-electron chi connectivity index (χ1n) is 11.2. The second-order valence-electron chi connectivity index (χ2n) is 8.98. The summed E-state index contributed by atoms with van der Waals surface area (Å²) in [5, 5.41) is 3.23. The van der Waals surface area contributed by atoms with Crippen molar-refractivity contribution in [2.45, 2.75) is 57.4 Å². The van der Waals surface area contributed by atoms with E-state index in [1.165, 1.54) is 0 Å². The highest BCUT2D eigenvalue weighted by molar-refractivity contribution is 6.02. The molecule has 2 fully saturated rings. The topological polar surface area (TPSA) is 80.3 Å². The van der Waals surface area contributed by atoms with Gasteiger partial charge in [0.2, 0.25) is 0 Å². The van der Waals surface area contributed by atoms with Gasteiger partial charge in [0.05, 0.1) is 12.3 Å². The lowest BCUT2D eigenvalue weighted by molar-refractivity contribution is -0.146. The number of hydrogen-bond acceptors (Lipinski definition) is 6. The third-order valence-electron chi connectivity index (χ3n) is 6.00. The number of nitrogens with one attached hydrogen (secondary N) is 1. The van der Waals surface area contributed by atoms with E-state index in [4.69, 9.17) is 14.2 Å². The number of fused-ring (bicyclic) bond motifs is 1. The Bertz CT molecular complexity index is 817. The van der Waals surface area contributed by atoms with Gasteiger partial charge in [-0.25, -0.2) is 0 Å². The number of methoxy groups -OCH3 is 1. The molecule has 4 rings (SSSR count). The number of ether oxygens (including phenoxy) is 3. The molecule has 31 heavy (non-hydrogen) atoms. The maximum Gasteiger partial charge on any atom is 0.270 e. The van der Waals surface area contributed by atoms with Crippen molar-refractivity contribution in [3.05, 3.63) is 23.8 Å². The quantitative estimate of drug-likeness (QED) is 0.631. The summed E-state index contributed by atoms with van der Waals surface area (Å²) in [7, 11) is 1.66. The van der Waals surface area contributed by atoms with E-state index in [9.17, 15) is 9.59 Å². The average Bonchev–Trinajstić information content (AvgIpc) is 3.60. The number of hydrogen-bond donors (Lipinski definition) is 1. The summed E-state index contributed by atoms with van der Waals surface area (Å²) in [4.78, 5) is 29.7. The van der Waals surface area contributed by atoms with Crippen molar-refractivity contribution in [3.63, 3.8) is 0 Å². The van der Waals surface area contributed by atoms with Crippen LogP contribution in [0.15, 0.2) is 18.2 Å². The zero-order valence-corrected chi connectivity index (χ0v) is 18.7. The van der Waals surface area contributed by atoms with Crippen molar-refractivity contribution >= 4 is 17.5 Å². The van der Waals surface area contributed by atoms with Crippen LogP contribution in [0.3, 0.4) is 0 Å². The largest absolute Gasteiger partial charge is 0.476 e. The minimum Gasteiger partial charge on any atom is -0.476 e. The van der Waals surface area contributed by atoms with Crippen LogP contribution in [0.25, 0.3) is 0 Å². The number of morpholine rings is 1. The van der Waals surface area contributed by atoms with Crippen LogP contribution in [0.4, 0.5) is 5.69 Å². The van der Waals surface area contributed by atoms with Crippen molar-refractivity contribution in [3.8, 4) is 5.75 Å². The number of carbonyl (C=O) groups excluding carboxylic acids is 2. The third kappa shape index (κ3) is 4.86. The van der Waals surface area contributed by atoms with Gasteiger partial charge in [-0.2, -0.15) is 0 Å². The summed E-state index contributed by atoms with van der Waals surface area (Å²) in [6.45, 7) is 7.16. The Morgan fingerprint density at radius 3 is 2.84 bits per heavy atom. The van der Waals surface area contributed by atoms with E-state index in [0.717, 1.165) is 37.1 Å². The molecule has 0 radical (unpaired) electrons. The monoisotopic (exact) mass is 431 g/mol. The summed E-state index contributed by atoms with van der Waals surface area (Å²) in [6, 6.07) is 6.16. The summed E-state index contributed by atoms with van der Waals surface area (Å²) in [5.41, 5.74) is 0.824. The highest BCUT2D eigenvalue weighted by Gasteiger charge is 2.41. The number of rotatable bonds is 8. The van der Waals surface area contributed by atoms with Crippen molar-refractivity contribution in [2.75, 3.05) is 44.9 Å². The van der Waals surface area contributed by atoms with Gasteiger partial charge < -0.3 is 29.3 Å². The Hall–Kier alpha value is -2.16. The maximum absolute atomic E-state index is 13.1. The Morgan fingerprint density at radius 1 is 1.35 bits per heavy atom. The van der Waals surface area contributed by atoms with Crippen molar-refractivity contribution in [1.29, 1.82) is 0 Å². The maximum atomic E-state index is 13.1. The van der Waals surface area contributed by atoms with Gasteiger partial charge in [-0.05, 0) is 50.8 Å². The fraction of sp³-hybridized carbons (Fsp3) is 0.652. The number of amides is 2. The minimum atomic E-state index is -0.938. The molecule has 8 nitrogen and oxygen atoms in total. The second kappa shape index (κ2) is 9.14. The Balaban J connectivity index is 1.53. The molecule has 8 heteroatoms. The van der Waals surface area contributed by atoms with E-state index in [2.05, 4.69) is 5.32 Å². The van der Waals surface area contributed by atoms with Crippen LogP contribution in [-0.4, -0.2) is 74.4 Å². The van der Waals surface area contributed by atoms with Crippen LogP contribution in [0.5, 0.6) is 5.75 Å². The Kier molecular flexibility index (Phi) is 6.50. The molecule has 3 aliphatic rings. The molecule has 0 spiro atoms. The summed E-state index contributed by atoms with van der Waals surface area (Å²) < 4.78 is 16.9. The van der Waals surface area contributed by atoms with Crippen molar-refractivity contribution in [1.82, 2.24) is 10.2 Å². The molecule has 1 aliphatic carbocycles. The summed E-state index contributed by atoms with van der Waals surface area (Å²) >= 11 is 0. The van der Waals surface area contributed by atoms with E-state index in [0.29, 0.717) is 38.6 Å². The zero-order valence-electron chi connectivity index (χ0n) is 18.7. The molecular weight excluding hydrogens is 398 g/mol. The zero-order chi connectivity index (χ0) is 22.0. The number of benzene rings is 1. The number of anilines is 1. The molecule has 0 unspecified atom stereocenters. The van der Waals surface area contributed by atoms with Crippen LogP contribution in [0.1, 0.15) is 38.7 Å². The van der Waals surface area contributed by atoms with E-state index in [1.807, 2.05) is 23.1 Å². The SMILES string of the molecule is COCCCN1C(=O)C(C)(C)Oc2cc(CN(C(=O)[C@H]3CNCCO3)C3CC3)ccc21. The Labute approximate surface area is 183 Å². The normalized spacial score (nSPS) is 22.6. The number of nitrogens with zero attached hydrogens (tertiary/aromatic N) is 2. The summed E-state index contributed by atoms with van der Waals surface area (Å²) in [5.74, 6) is 0.670. The predicted molar refractivity (Wildman–Crippen MR) is 116 cm³/mol. The smallest absolute Gasteiger partial charge is 0.270 e. The van der Waals surface area contributed by atoms with E-state index >= 15 is 0 Å². The van der Waals surface area contributed by atoms with Crippen LogP contribution in [-0.2, 0) is 25.6 Å². The van der Waals surface area contributed by atoms with Crippen LogP contribution in [0, 0.1) is 0 Å². The number of carbonyl (C=O) groups is 2. The molecule has 1 saturated heterocycles. The van der Waals surface area contributed by atoms with Crippen LogP contribution < -0.4 is 15.0 Å². The molecular formula is C23H33N3O5. The average molecular weight is 432 g/mol. The van der Waals surface area contributed by atoms with Gasteiger partial charge in [-0.15, -0.1) is 0 Å². The molecule has 170 valence electrons. The van der Waals surface area contributed by atoms with Crippen molar-refractivity contribution < 1.29 is 23.8 Å². The lowest BCUT2D eigenvalue weighted by Crippen LogP contribution is -2.53. The van der Waals surface area contributed by atoms with Gasteiger partial charge in [0.25, 0.3) is 11.8 Å². The first-order valence-corrected chi connectivity index (χ1v) is 11.2. The Morgan fingerprint density at radius 2 is 2.16 bits per heavy atom. The molecule has 2 amide bonds. The fourth-order valence-corrected chi connectivity index (χ4v) is 4.18. The first kappa shape index (κ1) is 22.0. The highest BCUT2D eigenvalue weighted by Crippen LogP contribution is 2.39. The van der Waals surface area contributed by atoms with Crippen molar-refractivity contribution in [2.24, 2.45) is 0 Å². The molecule has 2 aliphatic heterocycles. The summed E-state index contributed by atoms with van der Waals surface area (Å²) in [6.07, 6.45) is 2.39. The standard InChI is InChI=1S/C23H33N3O5/c1-23(2)22(28)25(10-4-11-29-3)18-8-5-16(13-19(18)31-23)15-26(17-6-7-17)21(27)20-14-24-9-12-30-20/h5,8,13,17,20,24H,4,6-7,9-12,14-15H2,1-3H3/t20-/m1/s1. The van der Waals surface area contributed by atoms with E-state index in [-0.39, 0.29) is 17.9 Å². The van der Waals surface area contributed by atoms with Gasteiger partial charge in [0, 0.05) is 45.9 Å². The lowest BCUT2D eigenvalue weighted by atomic mass is 10.0. The molecule has 1 aromatic rings. The molecule has 1 N–H and O–H groups in total. The van der Waals surface area contributed by atoms with Gasteiger partial charge in [-0.3, -0.25) is 9.59 Å². The van der Waals surface area contributed by atoms with Gasteiger partial charge >= 0.3 is 0 Å². The van der Waals surface area contributed by atoms with E-state index in [1.54, 1.807) is 25.9 Å². The molecule has 1 aromatic carbocycles. The van der Waals surface area contributed by atoms with Gasteiger partial charge in [0.15, 0.2) is 5.60 Å². The van der Waals surface area contributed by atoms with Crippen LogP contribution >= 0.6 is 0 Å². The third-order valence-corrected chi connectivity index (χ3v) is 6.00. The fourth-order valence-electron chi connectivity index (χ4n) is 4.18. The predicted octanol–water partition coefficient (Wildman–Crippen LogP) is 1.71. The van der Waals surface area contributed by atoms with Crippen LogP contribution in [0.2, 0.25) is 0 Å².